The molecule has 1 aromatic carbocycles. The summed E-state index contributed by atoms with van der Waals surface area (Å²) in [6.07, 6.45) is 3.12. The van der Waals surface area contributed by atoms with E-state index in [1.807, 2.05) is 0 Å². The number of halogens is 1. The van der Waals surface area contributed by atoms with Gasteiger partial charge in [0.05, 0.1) is 5.60 Å². The van der Waals surface area contributed by atoms with Crippen molar-refractivity contribution in [2.45, 2.75) is 24.9 Å². The monoisotopic (exact) mass is 268 g/mol. The van der Waals surface area contributed by atoms with E-state index in [1.54, 1.807) is 25.3 Å². The molecule has 98 valence electrons. The molecule has 1 aromatic rings. The Morgan fingerprint density at radius 2 is 2.22 bits per heavy atom. The second kappa shape index (κ2) is 5.16. The maximum absolute atomic E-state index is 12.0. The molecule has 0 bridgehead atoms. The number of carbonyl (C=O) groups excluding carboxylic acids is 1. The number of anilines is 1. The lowest BCUT2D eigenvalue weighted by Gasteiger charge is -2.40. The fourth-order valence-electron chi connectivity index (χ4n) is 2.11. The van der Waals surface area contributed by atoms with Gasteiger partial charge < -0.3 is 15.8 Å². The van der Waals surface area contributed by atoms with Crippen molar-refractivity contribution in [3.63, 3.8) is 0 Å². The van der Waals surface area contributed by atoms with Gasteiger partial charge in [0.2, 0.25) is 0 Å². The van der Waals surface area contributed by atoms with Gasteiger partial charge in [0.1, 0.15) is 0 Å². The van der Waals surface area contributed by atoms with E-state index in [4.69, 9.17) is 22.1 Å². The van der Waals surface area contributed by atoms with Gasteiger partial charge in [-0.25, -0.2) is 0 Å². The molecule has 3 N–H and O–H groups in total. The van der Waals surface area contributed by atoms with Crippen LogP contribution in [0.4, 0.5) is 5.69 Å². The smallest absolute Gasteiger partial charge is 0.251 e. The fourth-order valence-corrected chi connectivity index (χ4v) is 2.35. The molecular formula is C13H17ClN2O2. The average Bonchev–Trinajstić information content (AvgIpc) is 2.26. The summed E-state index contributed by atoms with van der Waals surface area (Å²) in [5.74, 6) is -0.174. The molecule has 1 saturated carbocycles. The molecule has 0 unspecified atom stereocenters. The van der Waals surface area contributed by atoms with Crippen LogP contribution in [0.3, 0.4) is 0 Å². The maximum Gasteiger partial charge on any atom is 0.251 e. The summed E-state index contributed by atoms with van der Waals surface area (Å²) < 4.78 is 5.44. The average molecular weight is 269 g/mol. The van der Waals surface area contributed by atoms with Crippen molar-refractivity contribution in [2.75, 3.05) is 19.4 Å². The summed E-state index contributed by atoms with van der Waals surface area (Å²) in [7, 11) is 1.68. The summed E-state index contributed by atoms with van der Waals surface area (Å²) in [5, 5.41) is 3.33. The number of nitrogens with two attached hydrogens (primary N) is 1. The first kappa shape index (κ1) is 13.2. The predicted octanol–water partition coefficient (Wildman–Crippen LogP) is 2.22. The van der Waals surface area contributed by atoms with Crippen LogP contribution in [0, 0.1) is 0 Å². The summed E-state index contributed by atoms with van der Waals surface area (Å²) >= 11 is 5.87. The quantitative estimate of drug-likeness (QED) is 0.823. The predicted molar refractivity (Wildman–Crippen MR) is 71.8 cm³/mol. The first-order valence-corrected chi connectivity index (χ1v) is 6.32. The van der Waals surface area contributed by atoms with Crippen molar-refractivity contribution in [2.24, 2.45) is 0 Å². The number of rotatable bonds is 4. The molecule has 0 aliphatic heterocycles. The van der Waals surface area contributed by atoms with Crippen LogP contribution in [-0.2, 0) is 4.74 Å². The normalized spacial score (nSPS) is 17.0. The third-order valence-electron chi connectivity index (χ3n) is 3.45. The first-order chi connectivity index (χ1) is 8.54. The van der Waals surface area contributed by atoms with Gasteiger partial charge in [-0.2, -0.15) is 0 Å². The number of nitrogens with one attached hydrogen (secondary N) is 1. The van der Waals surface area contributed by atoms with Crippen LogP contribution in [0.25, 0.3) is 0 Å². The Hall–Kier alpha value is -1.26. The molecule has 2 rings (SSSR count). The molecule has 4 nitrogen and oxygen atoms in total. The van der Waals surface area contributed by atoms with Crippen molar-refractivity contribution in [1.82, 2.24) is 5.32 Å². The largest absolute Gasteiger partial charge is 0.399 e. The van der Waals surface area contributed by atoms with E-state index in [0.29, 0.717) is 22.8 Å². The Bertz CT molecular complexity index is 433. The minimum atomic E-state index is -0.181. The zero-order chi connectivity index (χ0) is 13.2. The van der Waals surface area contributed by atoms with Gasteiger partial charge in [-0.1, -0.05) is 11.6 Å². The molecule has 1 fully saturated rings. The van der Waals surface area contributed by atoms with Crippen LogP contribution in [0.5, 0.6) is 0 Å². The fraction of sp³-hybridized carbons (Fsp3) is 0.462. The highest BCUT2D eigenvalue weighted by atomic mass is 35.5. The minimum absolute atomic E-state index is 0.174. The Kier molecular flexibility index (Phi) is 3.78. The highest BCUT2D eigenvalue weighted by Crippen LogP contribution is 2.34. The molecule has 0 aromatic heterocycles. The van der Waals surface area contributed by atoms with E-state index in [0.717, 1.165) is 19.3 Å². The summed E-state index contributed by atoms with van der Waals surface area (Å²) in [5.41, 5.74) is 6.43. The highest BCUT2D eigenvalue weighted by molar-refractivity contribution is 6.31. The van der Waals surface area contributed by atoms with Gasteiger partial charge in [0.15, 0.2) is 0 Å². The van der Waals surface area contributed by atoms with Crippen molar-refractivity contribution < 1.29 is 9.53 Å². The molecule has 18 heavy (non-hydrogen) atoms. The molecule has 5 heteroatoms. The van der Waals surface area contributed by atoms with E-state index in [1.165, 1.54) is 0 Å². The lowest BCUT2D eigenvalue weighted by molar-refractivity contribution is -0.0679. The van der Waals surface area contributed by atoms with Crippen molar-refractivity contribution in [1.29, 1.82) is 0 Å². The molecule has 0 heterocycles. The number of benzene rings is 1. The van der Waals surface area contributed by atoms with E-state index in [-0.39, 0.29) is 11.5 Å². The van der Waals surface area contributed by atoms with Crippen LogP contribution in [0.15, 0.2) is 18.2 Å². The van der Waals surface area contributed by atoms with Gasteiger partial charge in [0, 0.05) is 29.9 Å². The minimum Gasteiger partial charge on any atom is -0.399 e. The topological polar surface area (TPSA) is 64.3 Å². The second-order valence-corrected chi connectivity index (χ2v) is 5.13. The van der Waals surface area contributed by atoms with Gasteiger partial charge in [-0.15, -0.1) is 0 Å². The Labute approximate surface area is 111 Å². The van der Waals surface area contributed by atoms with E-state index in [9.17, 15) is 4.79 Å². The number of nitrogen functional groups attached to an aromatic ring is 1. The van der Waals surface area contributed by atoms with E-state index in [2.05, 4.69) is 5.32 Å². The maximum atomic E-state index is 12.0. The summed E-state index contributed by atoms with van der Waals surface area (Å²) in [4.78, 5) is 12.0. The summed E-state index contributed by atoms with van der Waals surface area (Å²) in [6.45, 7) is 0.523. The lowest BCUT2D eigenvalue weighted by Crippen LogP contribution is -2.49. The molecule has 1 aliphatic rings. The molecule has 0 saturated heterocycles. The Balaban J connectivity index is 1.99. The number of hydrogen-bond donors (Lipinski definition) is 2. The number of carbonyl (C=O) groups is 1. The number of methoxy groups -OCH3 is 1. The lowest BCUT2D eigenvalue weighted by atomic mass is 9.80. The van der Waals surface area contributed by atoms with Crippen molar-refractivity contribution >= 4 is 23.2 Å². The SMILES string of the molecule is COC1(CNC(=O)c2cc(N)cc(Cl)c2)CCC1. The van der Waals surface area contributed by atoms with Crippen molar-refractivity contribution in [3.8, 4) is 0 Å². The summed E-state index contributed by atoms with van der Waals surface area (Å²) in [6, 6.07) is 4.83. The first-order valence-electron chi connectivity index (χ1n) is 5.94. The molecular weight excluding hydrogens is 252 g/mol. The van der Waals surface area contributed by atoms with Gasteiger partial charge in [-0.3, -0.25) is 4.79 Å². The van der Waals surface area contributed by atoms with Crippen LogP contribution in [-0.4, -0.2) is 25.2 Å². The Morgan fingerprint density at radius 1 is 1.50 bits per heavy atom. The third kappa shape index (κ3) is 2.76. The standard InChI is InChI=1S/C13H17ClN2O2/c1-18-13(3-2-4-13)8-16-12(17)9-5-10(14)7-11(15)6-9/h5-7H,2-4,8,15H2,1H3,(H,16,17). The molecule has 0 atom stereocenters. The van der Waals surface area contributed by atoms with E-state index >= 15 is 0 Å². The van der Waals surface area contributed by atoms with Gasteiger partial charge in [-0.05, 0) is 37.5 Å². The van der Waals surface area contributed by atoms with Crippen molar-refractivity contribution in [3.05, 3.63) is 28.8 Å². The zero-order valence-electron chi connectivity index (χ0n) is 10.3. The second-order valence-electron chi connectivity index (χ2n) is 4.70. The molecule has 1 amide bonds. The van der Waals surface area contributed by atoms with E-state index < -0.39 is 0 Å². The Morgan fingerprint density at radius 3 is 2.72 bits per heavy atom. The van der Waals surface area contributed by atoms with Crippen LogP contribution in [0.2, 0.25) is 5.02 Å². The highest BCUT2D eigenvalue weighted by Gasteiger charge is 2.37. The van der Waals surface area contributed by atoms with Crippen LogP contribution >= 0.6 is 11.6 Å². The van der Waals surface area contributed by atoms with Gasteiger partial charge >= 0.3 is 0 Å². The number of amides is 1. The zero-order valence-corrected chi connectivity index (χ0v) is 11.1. The number of hydrogen-bond acceptors (Lipinski definition) is 3. The van der Waals surface area contributed by atoms with Gasteiger partial charge in [0.25, 0.3) is 5.91 Å². The third-order valence-corrected chi connectivity index (χ3v) is 3.67. The molecule has 0 spiro atoms. The molecule has 1 aliphatic carbocycles. The molecule has 0 radical (unpaired) electrons. The van der Waals surface area contributed by atoms with Crippen LogP contribution < -0.4 is 11.1 Å². The number of ether oxygens (including phenoxy) is 1. The van der Waals surface area contributed by atoms with Crippen LogP contribution in [0.1, 0.15) is 29.6 Å².